The van der Waals surface area contributed by atoms with Gasteiger partial charge in [-0.15, -0.1) is 0 Å². The van der Waals surface area contributed by atoms with E-state index in [2.05, 4.69) is 4.74 Å². The van der Waals surface area contributed by atoms with E-state index in [0.717, 1.165) is 44.2 Å². The molecule has 0 heterocycles. The van der Waals surface area contributed by atoms with Crippen molar-refractivity contribution in [2.45, 2.75) is 81.1 Å². The number of aliphatic hydroxyl groups excluding tert-OH is 3. The Morgan fingerprint density at radius 3 is 1.88 bits per heavy atom. The zero-order valence-corrected chi connectivity index (χ0v) is 23.6. The van der Waals surface area contributed by atoms with Crippen LogP contribution in [-0.4, -0.2) is 85.4 Å². The van der Waals surface area contributed by atoms with Crippen LogP contribution in [0, 0.1) is 17.8 Å². The van der Waals surface area contributed by atoms with E-state index in [1.54, 1.807) is 0 Å². The third-order valence-corrected chi connectivity index (χ3v) is 8.47. The van der Waals surface area contributed by atoms with Gasteiger partial charge in [0.25, 0.3) is 10.1 Å². The summed E-state index contributed by atoms with van der Waals surface area (Å²) in [6, 6.07) is 3.12. The smallest absolute Gasteiger partial charge is 1.00 e. The summed E-state index contributed by atoms with van der Waals surface area (Å²) < 4.78 is 70.2. The number of alkyl halides is 3. The van der Waals surface area contributed by atoms with Gasteiger partial charge < -0.3 is 21.5 Å². The second-order valence-electron chi connectivity index (χ2n) is 9.89. The molecule has 3 fully saturated rings. The molecule has 4 rings (SSSR count). The molecule has 15 heteroatoms. The van der Waals surface area contributed by atoms with Crippen molar-refractivity contribution in [3.63, 3.8) is 0 Å². The number of ketones is 1. The average Bonchev–Trinajstić information content (AvgIpc) is 3.63. The fraction of sp³-hybridized carbons (Fsp3) is 0.692. The normalized spacial score (nSPS) is 25.5. The molecule has 3 N–H and O–H groups in total. The molecule has 41 heavy (non-hydrogen) atoms. The number of carbonyl (C=O) groups is 2. The fourth-order valence-corrected chi connectivity index (χ4v) is 5.66. The first kappa shape index (κ1) is 40.1. The minimum atomic E-state index is -4.52. The van der Waals surface area contributed by atoms with Crippen LogP contribution in [0.25, 0.3) is 0 Å². The van der Waals surface area contributed by atoms with Crippen molar-refractivity contribution in [3.8, 4) is 0 Å². The van der Waals surface area contributed by atoms with Crippen molar-refractivity contribution in [3.05, 3.63) is 29.8 Å². The Balaban J connectivity index is 0. The summed E-state index contributed by atoms with van der Waals surface area (Å²) >= 11 is 0. The molecule has 3 aliphatic carbocycles. The maximum Gasteiger partial charge on any atom is 1.00 e. The summed E-state index contributed by atoms with van der Waals surface area (Å²) in [5.74, 6) is -0.872. The van der Waals surface area contributed by atoms with Gasteiger partial charge in [0.2, 0.25) is 0 Å². The molecule has 1 aromatic rings. The molecule has 3 saturated carbocycles. The molecule has 0 radical (unpaired) electrons. The molecular formula is C26H41AlF3LiO9S. The summed E-state index contributed by atoms with van der Waals surface area (Å²) in [7, 11) is -2.80. The third kappa shape index (κ3) is 12.7. The van der Waals surface area contributed by atoms with Gasteiger partial charge in [-0.3, -0.25) is 13.8 Å². The Bertz CT molecular complexity index is 1050. The van der Waals surface area contributed by atoms with Crippen LogP contribution < -0.4 is 18.9 Å². The first-order valence-corrected chi connectivity index (χ1v) is 14.3. The Morgan fingerprint density at radius 1 is 0.976 bits per heavy atom. The first-order chi connectivity index (χ1) is 18.3. The van der Waals surface area contributed by atoms with E-state index in [4.69, 9.17) is 14.4 Å². The van der Waals surface area contributed by atoms with Crippen LogP contribution in [0.4, 0.5) is 13.2 Å². The largest absolute Gasteiger partial charge is 1.00 e. The molecule has 0 bridgehead atoms. The summed E-state index contributed by atoms with van der Waals surface area (Å²) in [5, 5.41) is 27.2. The number of aliphatic hydroxyl groups is 3. The molecule has 230 valence electrons. The zero-order chi connectivity index (χ0) is 29.2. The van der Waals surface area contributed by atoms with Gasteiger partial charge >= 0.3 is 31.0 Å². The molecule has 1 aromatic carbocycles. The van der Waals surface area contributed by atoms with Crippen LogP contribution >= 0.6 is 0 Å². The number of Topliss-reactive ketones (excluding diaryl/α,β-unsaturated/α-hetero) is 1. The molecular weight excluding hydrogens is 579 g/mol. The van der Waals surface area contributed by atoms with Gasteiger partial charge in [0.15, 0.2) is 17.4 Å². The zero-order valence-electron chi connectivity index (χ0n) is 23.8. The van der Waals surface area contributed by atoms with Crippen LogP contribution in [0.1, 0.15) is 64.8 Å². The number of hydrogen-bond donors (Lipinski definition) is 3. The monoisotopic (exact) mass is 620 g/mol. The van der Waals surface area contributed by atoms with E-state index < -0.39 is 33.9 Å². The Kier molecular flexibility index (Phi) is 18.2. The standard InChI is InChI=1S/C13H15F3O4S.C7H10O3.C6H12O2.Al.Li.4H/c14-13(15,16)10-4-6-11(7-5-10)21(18,19)20-8-9-2-1-3-12(9)17;1-10-7(9)5-3-2-4-6(5)8;7-4-5-2-1-3-6(5)8;;;;;;/h4-7,9,12,17H,1-3,8H2;5H,2-4H2,1H3;5-8H,1-4H2;;;;;;/q;;;;+1;;;;-1. The number of methoxy groups -OCH3 is 1. The number of ether oxygens (including phenoxy) is 1. The van der Waals surface area contributed by atoms with Crippen molar-refractivity contribution in [1.82, 2.24) is 0 Å². The average molecular weight is 621 g/mol. The van der Waals surface area contributed by atoms with E-state index in [1.807, 2.05) is 0 Å². The molecule has 0 aromatic heterocycles. The molecule has 5 atom stereocenters. The van der Waals surface area contributed by atoms with E-state index in [0.29, 0.717) is 37.8 Å². The predicted molar refractivity (Wildman–Crippen MR) is 144 cm³/mol. The molecule has 0 amide bonds. The summed E-state index contributed by atoms with van der Waals surface area (Å²) in [6.07, 6.45) is 1.75. The molecule has 5 unspecified atom stereocenters. The number of halogens is 3. The topological polar surface area (TPSA) is 147 Å². The van der Waals surface area contributed by atoms with Crippen LogP contribution in [0.3, 0.4) is 0 Å². The maximum atomic E-state index is 12.4. The van der Waals surface area contributed by atoms with Crippen molar-refractivity contribution >= 4 is 39.2 Å². The van der Waals surface area contributed by atoms with Crippen molar-refractivity contribution < 1.29 is 75.7 Å². The summed E-state index contributed by atoms with van der Waals surface area (Å²) in [5.41, 5.74) is -0.923. The van der Waals surface area contributed by atoms with Gasteiger partial charge in [0, 0.05) is 24.9 Å². The molecule has 3 aliphatic rings. The molecule has 0 saturated heterocycles. The Labute approximate surface area is 263 Å². The second-order valence-corrected chi connectivity index (χ2v) is 11.5. The predicted octanol–water partition coefficient (Wildman–Crippen LogP) is -0.827. The third-order valence-electron chi connectivity index (χ3n) is 7.17. The van der Waals surface area contributed by atoms with E-state index in [1.165, 1.54) is 7.11 Å². The minimum Gasteiger partial charge on any atom is -1.00 e. The first-order valence-electron chi connectivity index (χ1n) is 12.9. The summed E-state index contributed by atoms with van der Waals surface area (Å²) in [4.78, 5) is 21.3. The quantitative estimate of drug-likeness (QED) is 0.161. The van der Waals surface area contributed by atoms with Crippen molar-refractivity contribution in [2.75, 3.05) is 20.3 Å². The number of rotatable bonds is 6. The summed E-state index contributed by atoms with van der Waals surface area (Å²) in [6.45, 7) is -0.00825. The molecule has 0 aliphatic heterocycles. The van der Waals surface area contributed by atoms with Crippen LogP contribution in [-0.2, 0) is 34.8 Å². The maximum absolute atomic E-state index is 12.4. The van der Waals surface area contributed by atoms with Gasteiger partial charge in [0.05, 0.1) is 36.4 Å². The number of esters is 1. The van der Waals surface area contributed by atoms with Crippen molar-refractivity contribution in [1.29, 1.82) is 0 Å². The van der Waals surface area contributed by atoms with Gasteiger partial charge in [-0.05, 0) is 62.8 Å². The second kappa shape index (κ2) is 18.7. The molecule has 0 spiro atoms. The van der Waals surface area contributed by atoms with Crippen molar-refractivity contribution in [2.24, 2.45) is 17.8 Å². The Hall–Kier alpha value is -0.930. The molecule has 9 nitrogen and oxygen atoms in total. The SMILES string of the molecule is COC(=O)C1CCCC1=O.O=S(=O)(OCC1CCCC1O)c1ccc(C(F)(F)F)cc1.OCC1CCCC1O.[AlH3].[H-].[Li+]. The number of carbonyl (C=O) groups excluding carboxylic acids is 2. The van der Waals surface area contributed by atoms with Crippen LogP contribution in [0.15, 0.2) is 29.2 Å². The minimum absolute atomic E-state index is 0. The fourth-order valence-electron chi connectivity index (χ4n) is 4.70. The van der Waals surface area contributed by atoms with Gasteiger partial charge in [-0.1, -0.05) is 12.8 Å². The Morgan fingerprint density at radius 2 is 1.51 bits per heavy atom. The van der Waals surface area contributed by atoms with Gasteiger partial charge in [-0.25, -0.2) is 0 Å². The van der Waals surface area contributed by atoms with E-state index >= 15 is 0 Å². The van der Waals surface area contributed by atoms with Gasteiger partial charge in [-0.2, -0.15) is 21.6 Å². The number of hydrogen-bond acceptors (Lipinski definition) is 9. The van der Waals surface area contributed by atoms with E-state index in [-0.39, 0.29) is 85.4 Å². The van der Waals surface area contributed by atoms with E-state index in [9.17, 15) is 36.3 Å². The van der Waals surface area contributed by atoms with Crippen LogP contribution in [0.2, 0.25) is 0 Å². The number of benzene rings is 1. The van der Waals surface area contributed by atoms with Gasteiger partial charge in [0.1, 0.15) is 11.7 Å². The van der Waals surface area contributed by atoms with Crippen LogP contribution in [0.5, 0.6) is 0 Å².